The van der Waals surface area contributed by atoms with Crippen molar-refractivity contribution < 1.29 is 19.8 Å². The van der Waals surface area contributed by atoms with Crippen molar-refractivity contribution in [1.29, 1.82) is 0 Å². The fraction of sp³-hybridized carbons (Fsp3) is 0.125. The Kier molecular flexibility index (Phi) is 3.35. The molecule has 1 heterocycles. The number of aromatic carboxylic acids is 1. The van der Waals surface area contributed by atoms with Gasteiger partial charge >= 0.3 is 11.9 Å². The Labute approximate surface area is 83.3 Å². The summed E-state index contributed by atoms with van der Waals surface area (Å²) in [5, 5.41) is 17.0. The topological polar surface area (TPSA) is 87.5 Å². The maximum Gasteiger partial charge on any atom is 0.356 e. The lowest BCUT2D eigenvalue weighted by Crippen LogP contribution is -1.98. The van der Waals surface area contributed by atoms with Gasteiger partial charge in [0.1, 0.15) is 0 Å². The predicted molar refractivity (Wildman–Crippen MR) is 50.4 cm³/mol. The number of carboxylic acids is 2. The molecule has 14 heavy (non-hydrogen) atoms. The Morgan fingerprint density at radius 1 is 1.50 bits per heavy atom. The molecule has 1 rings (SSSR count). The Bertz CT molecular complexity index is 382. The largest absolute Gasteiger partial charge is 0.481 e. The first-order chi connectivity index (χ1) is 6.61. The average Bonchev–Trinajstić information content (AvgIpc) is 2.51. The highest BCUT2D eigenvalue weighted by Gasteiger charge is 2.10. The first-order valence-corrected chi connectivity index (χ1v) is 4.54. The Balaban J connectivity index is 2.76. The number of aliphatic carboxylic acids is 1. The molecule has 0 aliphatic heterocycles. The van der Waals surface area contributed by atoms with Gasteiger partial charge in [-0.2, -0.15) is 0 Å². The lowest BCUT2D eigenvalue weighted by molar-refractivity contribution is -0.135. The van der Waals surface area contributed by atoms with Gasteiger partial charge < -0.3 is 10.2 Å². The van der Waals surface area contributed by atoms with E-state index in [1.165, 1.54) is 17.7 Å². The molecule has 0 radical (unpaired) electrons. The molecule has 0 aromatic carbocycles. The highest BCUT2D eigenvalue weighted by Crippen LogP contribution is 2.15. The summed E-state index contributed by atoms with van der Waals surface area (Å²) in [6, 6.07) is 0. The minimum atomic E-state index is -1.11. The van der Waals surface area contributed by atoms with E-state index in [0.717, 1.165) is 11.3 Å². The Morgan fingerprint density at radius 2 is 2.21 bits per heavy atom. The van der Waals surface area contributed by atoms with E-state index in [2.05, 4.69) is 4.98 Å². The smallest absolute Gasteiger partial charge is 0.356 e. The maximum absolute atomic E-state index is 10.6. The highest BCUT2D eigenvalue weighted by atomic mass is 32.1. The number of carbonyl (C=O) groups is 2. The van der Waals surface area contributed by atoms with E-state index >= 15 is 0 Å². The zero-order valence-corrected chi connectivity index (χ0v) is 7.82. The standard InChI is InChI=1S/C8H7NO4S/c10-6(11)3-1-2-5-7(8(12)13)9-4-14-5/h1-2,4H,3H2,(H,10,11)(H,12,13). The third kappa shape index (κ3) is 2.67. The van der Waals surface area contributed by atoms with Gasteiger partial charge in [0.2, 0.25) is 0 Å². The van der Waals surface area contributed by atoms with E-state index in [-0.39, 0.29) is 12.1 Å². The van der Waals surface area contributed by atoms with Gasteiger partial charge in [-0.3, -0.25) is 4.79 Å². The second kappa shape index (κ2) is 4.52. The van der Waals surface area contributed by atoms with Crippen molar-refractivity contribution in [2.45, 2.75) is 6.42 Å². The number of hydrogen-bond donors (Lipinski definition) is 2. The molecule has 6 heteroatoms. The molecule has 0 saturated heterocycles. The van der Waals surface area contributed by atoms with Crippen molar-refractivity contribution >= 4 is 29.4 Å². The van der Waals surface area contributed by atoms with Crippen LogP contribution in [0, 0.1) is 0 Å². The molecule has 74 valence electrons. The van der Waals surface area contributed by atoms with E-state index in [9.17, 15) is 9.59 Å². The van der Waals surface area contributed by atoms with Crippen molar-refractivity contribution in [3.8, 4) is 0 Å². The summed E-state index contributed by atoms with van der Waals surface area (Å²) in [6.07, 6.45) is 2.72. The van der Waals surface area contributed by atoms with Crippen molar-refractivity contribution in [1.82, 2.24) is 4.98 Å². The zero-order chi connectivity index (χ0) is 10.6. The number of thiazole rings is 1. The SMILES string of the molecule is O=C(O)CC=Cc1scnc1C(=O)O. The Hall–Kier alpha value is -1.69. The second-order valence-corrected chi connectivity index (χ2v) is 3.26. The van der Waals surface area contributed by atoms with Crippen molar-refractivity contribution in [3.05, 3.63) is 22.2 Å². The number of nitrogens with zero attached hydrogens (tertiary/aromatic N) is 1. The molecule has 0 bridgehead atoms. The van der Waals surface area contributed by atoms with E-state index in [0.29, 0.717) is 4.88 Å². The third-order valence-corrected chi connectivity index (χ3v) is 2.15. The van der Waals surface area contributed by atoms with Crippen LogP contribution in [0.5, 0.6) is 0 Å². The molecule has 2 N–H and O–H groups in total. The number of hydrogen-bond acceptors (Lipinski definition) is 4. The molecule has 0 fully saturated rings. The minimum Gasteiger partial charge on any atom is -0.481 e. The van der Waals surface area contributed by atoms with Crippen LogP contribution < -0.4 is 0 Å². The van der Waals surface area contributed by atoms with Gasteiger partial charge in [-0.05, 0) is 6.08 Å². The lowest BCUT2D eigenvalue weighted by atomic mass is 10.3. The normalized spacial score (nSPS) is 10.6. The molecule has 0 atom stereocenters. The summed E-state index contributed by atoms with van der Waals surface area (Å²) in [5.41, 5.74) is 1.36. The van der Waals surface area contributed by atoms with Crippen LogP contribution in [0.4, 0.5) is 0 Å². The van der Waals surface area contributed by atoms with Crippen LogP contribution in [0.1, 0.15) is 21.8 Å². The quantitative estimate of drug-likeness (QED) is 0.787. The van der Waals surface area contributed by atoms with Gasteiger partial charge in [0.25, 0.3) is 0 Å². The van der Waals surface area contributed by atoms with Crippen LogP contribution in [0.25, 0.3) is 6.08 Å². The summed E-state index contributed by atoms with van der Waals surface area (Å²) in [4.78, 5) is 24.8. The third-order valence-electron chi connectivity index (χ3n) is 1.36. The molecule has 0 aliphatic rings. The van der Waals surface area contributed by atoms with Crippen LogP contribution in [0.3, 0.4) is 0 Å². The van der Waals surface area contributed by atoms with Gasteiger partial charge in [0.15, 0.2) is 5.69 Å². The molecule has 5 nitrogen and oxygen atoms in total. The van der Waals surface area contributed by atoms with E-state index < -0.39 is 11.9 Å². The van der Waals surface area contributed by atoms with Gasteiger partial charge in [0.05, 0.1) is 16.8 Å². The molecular weight excluding hydrogens is 206 g/mol. The second-order valence-electron chi connectivity index (χ2n) is 2.37. The summed E-state index contributed by atoms with van der Waals surface area (Å²) >= 11 is 1.16. The molecule has 1 aromatic heterocycles. The lowest BCUT2D eigenvalue weighted by Gasteiger charge is -1.89. The Morgan fingerprint density at radius 3 is 2.79 bits per heavy atom. The van der Waals surface area contributed by atoms with E-state index in [4.69, 9.17) is 10.2 Å². The van der Waals surface area contributed by atoms with E-state index in [1.54, 1.807) is 0 Å². The number of carboxylic acid groups (broad SMARTS) is 2. The summed E-state index contributed by atoms with van der Waals surface area (Å²) < 4.78 is 0. The summed E-state index contributed by atoms with van der Waals surface area (Å²) in [6.45, 7) is 0. The molecule has 0 saturated carbocycles. The molecule has 1 aromatic rings. The van der Waals surface area contributed by atoms with Crippen LogP contribution in [0.2, 0.25) is 0 Å². The van der Waals surface area contributed by atoms with Crippen LogP contribution in [0.15, 0.2) is 11.6 Å². The fourth-order valence-corrected chi connectivity index (χ4v) is 1.50. The maximum atomic E-state index is 10.6. The van der Waals surface area contributed by atoms with Crippen LogP contribution >= 0.6 is 11.3 Å². The summed E-state index contributed by atoms with van der Waals surface area (Å²) in [5.74, 6) is -2.07. The van der Waals surface area contributed by atoms with Crippen molar-refractivity contribution in [3.63, 3.8) is 0 Å². The molecule has 0 unspecified atom stereocenters. The monoisotopic (exact) mass is 213 g/mol. The molecular formula is C8H7NO4S. The van der Waals surface area contributed by atoms with Gasteiger partial charge in [-0.25, -0.2) is 9.78 Å². The average molecular weight is 213 g/mol. The first kappa shape index (κ1) is 10.4. The minimum absolute atomic E-state index is 0.0448. The molecule has 0 spiro atoms. The van der Waals surface area contributed by atoms with Gasteiger partial charge in [-0.1, -0.05) is 6.08 Å². The zero-order valence-electron chi connectivity index (χ0n) is 7.01. The van der Waals surface area contributed by atoms with Crippen LogP contribution in [-0.2, 0) is 4.79 Å². The van der Waals surface area contributed by atoms with Crippen molar-refractivity contribution in [2.75, 3.05) is 0 Å². The van der Waals surface area contributed by atoms with Gasteiger partial charge in [0, 0.05) is 0 Å². The summed E-state index contributed by atoms with van der Waals surface area (Å²) in [7, 11) is 0. The molecule has 0 amide bonds. The fourth-order valence-electron chi connectivity index (χ4n) is 0.801. The van der Waals surface area contributed by atoms with Gasteiger partial charge in [-0.15, -0.1) is 11.3 Å². The first-order valence-electron chi connectivity index (χ1n) is 3.66. The highest BCUT2D eigenvalue weighted by molar-refractivity contribution is 7.10. The van der Waals surface area contributed by atoms with Crippen molar-refractivity contribution in [2.24, 2.45) is 0 Å². The van der Waals surface area contributed by atoms with E-state index in [1.807, 2.05) is 0 Å². The van der Waals surface area contributed by atoms with Crippen LogP contribution in [-0.4, -0.2) is 27.1 Å². The molecule has 0 aliphatic carbocycles. The number of rotatable bonds is 4. The number of aromatic nitrogens is 1. The predicted octanol–water partition coefficient (Wildman–Crippen LogP) is 1.33.